The van der Waals surface area contributed by atoms with Crippen LogP contribution in [0.25, 0.3) is 6.08 Å². The van der Waals surface area contributed by atoms with E-state index in [0.717, 1.165) is 29.3 Å². The highest BCUT2D eigenvalue weighted by atomic mass is 28.3. The Morgan fingerprint density at radius 3 is 2.19 bits per heavy atom. The van der Waals surface area contributed by atoms with Gasteiger partial charge in [-0.25, -0.2) is 4.79 Å². The molecule has 0 heterocycles. The third-order valence-corrected chi connectivity index (χ3v) is 9.61. The Morgan fingerprint density at radius 2 is 1.67 bits per heavy atom. The van der Waals surface area contributed by atoms with Crippen LogP contribution < -0.4 is 0 Å². The van der Waals surface area contributed by atoms with Gasteiger partial charge in [-0.15, -0.1) is 0 Å². The molecule has 1 aromatic rings. The van der Waals surface area contributed by atoms with Crippen molar-refractivity contribution < 1.29 is 14.3 Å². The first-order valence-electron chi connectivity index (χ1n) is 7.44. The topological polar surface area (TPSA) is 43.4 Å². The Labute approximate surface area is 128 Å². The number of ether oxygens (including phenoxy) is 1. The number of esters is 1. The van der Waals surface area contributed by atoms with Gasteiger partial charge in [0.15, 0.2) is 0 Å². The highest BCUT2D eigenvalue weighted by molar-refractivity contribution is 7.07. The summed E-state index contributed by atoms with van der Waals surface area (Å²) in [5.41, 5.74) is 1.52. The summed E-state index contributed by atoms with van der Waals surface area (Å²) in [5.74, 6) is -0.415. The summed E-state index contributed by atoms with van der Waals surface area (Å²) in [5, 5.41) is 0.292. The Bertz CT molecular complexity index is 522. The maximum atomic E-state index is 13.0. The minimum Gasteiger partial charge on any atom is -0.466 e. The molecule has 0 fully saturated rings. The number of carbonyl (C=O) groups excluding carboxylic acids is 2. The molecular formula is C17H24O3Si. The number of rotatable bonds is 7. The van der Waals surface area contributed by atoms with Gasteiger partial charge in [-0.3, -0.25) is 0 Å². The van der Waals surface area contributed by atoms with Crippen molar-refractivity contribution in [1.82, 2.24) is 0 Å². The van der Waals surface area contributed by atoms with Crippen LogP contribution in [-0.2, 0) is 9.53 Å². The van der Waals surface area contributed by atoms with Crippen molar-refractivity contribution in [1.29, 1.82) is 0 Å². The predicted octanol–water partition coefficient (Wildman–Crippen LogP) is 4.10. The Kier molecular flexibility index (Phi) is 6.56. The van der Waals surface area contributed by atoms with Gasteiger partial charge < -0.3 is 9.53 Å². The van der Waals surface area contributed by atoms with Crippen LogP contribution in [0.5, 0.6) is 0 Å². The van der Waals surface area contributed by atoms with Crippen LogP contribution in [0.1, 0.15) is 36.7 Å². The van der Waals surface area contributed by atoms with E-state index in [1.54, 1.807) is 6.08 Å². The lowest BCUT2D eigenvalue weighted by Crippen LogP contribution is -2.42. The number of carbonyl (C=O) groups is 2. The number of hydrogen-bond donors (Lipinski definition) is 0. The lowest BCUT2D eigenvalue weighted by atomic mass is 10.1. The van der Waals surface area contributed by atoms with Gasteiger partial charge in [0.25, 0.3) is 0 Å². The quantitative estimate of drug-likeness (QED) is 0.432. The van der Waals surface area contributed by atoms with Gasteiger partial charge in [-0.05, 0) is 11.6 Å². The summed E-state index contributed by atoms with van der Waals surface area (Å²) in [6.07, 6.45) is 3.03. The average molecular weight is 304 g/mol. The van der Waals surface area contributed by atoms with Crippen LogP contribution in [0, 0.1) is 0 Å². The second-order valence-corrected chi connectivity index (χ2v) is 10.2. The molecule has 1 rings (SSSR count). The molecule has 0 unspecified atom stereocenters. The van der Waals surface area contributed by atoms with E-state index in [1.165, 1.54) is 13.2 Å². The zero-order valence-electron chi connectivity index (χ0n) is 13.3. The van der Waals surface area contributed by atoms with E-state index in [-0.39, 0.29) is 0 Å². The predicted molar refractivity (Wildman–Crippen MR) is 89.0 cm³/mol. The molecule has 0 atom stereocenters. The zero-order valence-corrected chi connectivity index (χ0v) is 14.3. The lowest BCUT2D eigenvalue weighted by molar-refractivity contribution is -0.134. The van der Waals surface area contributed by atoms with Gasteiger partial charge in [0.1, 0.15) is 13.5 Å². The second kappa shape index (κ2) is 7.93. The first-order valence-corrected chi connectivity index (χ1v) is 10.1. The molecular weight excluding hydrogens is 280 g/mol. The summed E-state index contributed by atoms with van der Waals surface area (Å²) >= 11 is 0. The van der Waals surface area contributed by atoms with E-state index in [0.29, 0.717) is 5.41 Å². The van der Waals surface area contributed by atoms with E-state index < -0.39 is 14.0 Å². The minimum absolute atomic E-state index is 0.292. The summed E-state index contributed by atoms with van der Waals surface area (Å²) < 4.78 is 4.60. The third-order valence-electron chi connectivity index (χ3n) is 4.32. The standard InChI is InChI=1S/C17H24O3Si/c1-5-21(6-2,7-3)17(19)15-11-9-8-10-14(15)12-13-16(18)20-4/h8-13H,5-7H2,1-4H3/b13-12+. The van der Waals surface area contributed by atoms with E-state index >= 15 is 0 Å². The Balaban J connectivity index is 3.22. The zero-order chi connectivity index (χ0) is 15.9. The van der Waals surface area contributed by atoms with Crippen LogP contribution in [0.15, 0.2) is 30.3 Å². The molecule has 0 aliphatic rings. The van der Waals surface area contributed by atoms with Crippen molar-refractivity contribution in [2.24, 2.45) is 0 Å². The fourth-order valence-electron chi connectivity index (χ4n) is 2.59. The molecule has 0 spiro atoms. The monoisotopic (exact) mass is 304 g/mol. The van der Waals surface area contributed by atoms with Gasteiger partial charge in [-0.1, -0.05) is 63.2 Å². The van der Waals surface area contributed by atoms with E-state index in [9.17, 15) is 9.59 Å². The Morgan fingerprint density at radius 1 is 1.10 bits per heavy atom. The molecule has 0 aliphatic heterocycles. The molecule has 4 heteroatoms. The summed E-state index contributed by atoms with van der Waals surface area (Å²) in [6, 6.07) is 10.3. The highest BCUT2D eigenvalue weighted by Gasteiger charge is 2.36. The SMILES string of the molecule is CC[Si](CC)(CC)C(=O)c1ccccc1/C=C/C(=O)OC. The minimum atomic E-state index is -1.95. The maximum absolute atomic E-state index is 13.0. The molecule has 0 amide bonds. The van der Waals surface area contributed by atoms with Crippen molar-refractivity contribution in [3.8, 4) is 0 Å². The lowest BCUT2D eigenvalue weighted by Gasteiger charge is -2.26. The average Bonchev–Trinajstić information content (AvgIpc) is 2.54. The van der Waals surface area contributed by atoms with Gasteiger partial charge in [-0.2, -0.15) is 0 Å². The summed E-state index contributed by atoms with van der Waals surface area (Å²) in [6.45, 7) is 6.35. The highest BCUT2D eigenvalue weighted by Crippen LogP contribution is 2.27. The molecule has 3 nitrogen and oxygen atoms in total. The van der Waals surface area contributed by atoms with Crippen LogP contribution >= 0.6 is 0 Å². The van der Waals surface area contributed by atoms with Crippen LogP contribution in [0.4, 0.5) is 0 Å². The fourth-order valence-corrected chi connectivity index (χ4v) is 5.85. The van der Waals surface area contributed by atoms with Crippen LogP contribution in [-0.4, -0.2) is 26.6 Å². The smallest absolute Gasteiger partial charge is 0.330 e. The third kappa shape index (κ3) is 3.91. The molecule has 114 valence electrons. The van der Waals surface area contributed by atoms with Crippen LogP contribution in [0.2, 0.25) is 18.1 Å². The molecule has 1 aromatic carbocycles. The summed E-state index contributed by atoms with van der Waals surface area (Å²) in [4.78, 5) is 24.3. The van der Waals surface area contributed by atoms with Crippen LogP contribution in [0.3, 0.4) is 0 Å². The normalized spacial score (nSPS) is 11.6. The molecule has 21 heavy (non-hydrogen) atoms. The second-order valence-electron chi connectivity index (χ2n) is 5.11. The molecule has 0 saturated carbocycles. The van der Waals surface area contributed by atoms with Crippen molar-refractivity contribution >= 4 is 25.5 Å². The van der Waals surface area contributed by atoms with E-state index in [4.69, 9.17) is 0 Å². The summed E-state index contributed by atoms with van der Waals surface area (Å²) in [7, 11) is -0.606. The van der Waals surface area contributed by atoms with Crippen molar-refractivity contribution in [2.75, 3.05) is 7.11 Å². The number of hydrogen-bond acceptors (Lipinski definition) is 3. The van der Waals surface area contributed by atoms with Gasteiger partial charge in [0.05, 0.1) is 7.11 Å². The number of benzene rings is 1. The maximum Gasteiger partial charge on any atom is 0.330 e. The van der Waals surface area contributed by atoms with Crippen molar-refractivity contribution in [3.05, 3.63) is 41.5 Å². The first kappa shape index (κ1) is 17.4. The van der Waals surface area contributed by atoms with Gasteiger partial charge in [0.2, 0.25) is 0 Å². The molecule has 0 N–H and O–H groups in total. The molecule has 0 bridgehead atoms. The van der Waals surface area contributed by atoms with Gasteiger partial charge in [0, 0.05) is 11.6 Å². The fraction of sp³-hybridized carbons (Fsp3) is 0.412. The molecule has 0 aromatic heterocycles. The number of methoxy groups -OCH3 is 1. The molecule has 0 aliphatic carbocycles. The largest absolute Gasteiger partial charge is 0.466 e. The molecule has 0 saturated heterocycles. The van der Waals surface area contributed by atoms with E-state index in [1.807, 2.05) is 24.3 Å². The van der Waals surface area contributed by atoms with Gasteiger partial charge >= 0.3 is 5.97 Å². The molecule has 0 radical (unpaired) electrons. The van der Waals surface area contributed by atoms with E-state index in [2.05, 4.69) is 25.5 Å². The Hall–Kier alpha value is -1.68. The van der Waals surface area contributed by atoms with Crippen molar-refractivity contribution in [3.63, 3.8) is 0 Å². The first-order chi connectivity index (χ1) is 10.0. The van der Waals surface area contributed by atoms with Crippen molar-refractivity contribution in [2.45, 2.75) is 38.9 Å².